The van der Waals surface area contributed by atoms with E-state index in [1.165, 1.54) is 19.3 Å². The zero-order valence-electron chi connectivity index (χ0n) is 9.33. The zero-order valence-corrected chi connectivity index (χ0v) is 10.1. The largest absolute Gasteiger partial charge is 0.229 e. The van der Waals surface area contributed by atoms with Crippen molar-refractivity contribution in [1.82, 2.24) is 0 Å². The van der Waals surface area contributed by atoms with Gasteiger partial charge in [-0.15, -0.1) is 0 Å². The first kappa shape index (κ1) is 12.0. The van der Waals surface area contributed by atoms with Gasteiger partial charge in [0, 0.05) is 0 Å². The number of unbranched alkanes of at least 4 members (excludes halogenated alkanes) is 3. The molecule has 84 valence electrons. The van der Waals surface area contributed by atoms with Crippen LogP contribution in [-0.2, 0) is 9.84 Å². The third-order valence-corrected chi connectivity index (χ3v) is 5.55. The summed E-state index contributed by atoms with van der Waals surface area (Å²) >= 11 is 0. The molecule has 1 aliphatic rings. The second-order valence-corrected chi connectivity index (χ2v) is 6.97. The molecule has 2 atom stereocenters. The van der Waals surface area contributed by atoms with Crippen molar-refractivity contribution in [3.8, 4) is 0 Å². The summed E-state index contributed by atoms with van der Waals surface area (Å²) in [6.45, 7) is 4.22. The minimum atomic E-state index is -2.72. The van der Waals surface area contributed by atoms with Gasteiger partial charge < -0.3 is 0 Å². The quantitative estimate of drug-likeness (QED) is 0.665. The van der Waals surface area contributed by atoms with Gasteiger partial charge in [0.1, 0.15) is 0 Å². The van der Waals surface area contributed by atoms with Crippen molar-refractivity contribution in [2.45, 2.75) is 57.6 Å². The first-order valence-corrected chi connectivity index (χ1v) is 7.49. The molecule has 0 aromatic heterocycles. The molecule has 1 heterocycles. The number of sulfone groups is 1. The van der Waals surface area contributed by atoms with Crippen molar-refractivity contribution in [2.75, 3.05) is 5.75 Å². The second-order valence-electron chi connectivity index (χ2n) is 4.64. The summed E-state index contributed by atoms with van der Waals surface area (Å²) in [4.78, 5) is 0. The molecule has 0 aromatic rings. The maximum atomic E-state index is 11.6. The maximum Gasteiger partial charge on any atom is 0.153 e. The molecule has 2 unspecified atom stereocenters. The molecule has 2 nitrogen and oxygen atoms in total. The molecule has 0 aliphatic carbocycles. The van der Waals surface area contributed by atoms with Crippen LogP contribution < -0.4 is 0 Å². The molecule has 0 bridgehead atoms. The molecule has 0 saturated carbocycles. The van der Waals surface area contributed by atoms with E-state index in [0.717, 1.165) is 19.3 Å². The normalized spacial score (nSPS) is 30.7. The van der Waals surface area contributed by atoms with Crippen LogP contribution in [0.5, 0.6) is 0 Å². The van der Waals surface area contributed by atoms with Crippen LogP contribution in [0.4, 0.5) is 0 Å². The van der Waals surface area contributed by atoms with Crippen molar-refractivity contribution in [1.29, 1.82) is 0 Å². The van der Waals surface area contributed by atoms with Crippen molar-refractivity contribution in [3.05, 3.63) is 0 Å². The van der Waals surface area contributed by atoms with E-state index in [-0.39, 0.29) is 5.25 Å². The minimum absolute atomic E-state index is 0.0191. The molecule has 0 amide bonds. The molecule has 1 rings (SSSR count). The van der Waals surface area contributed by atoms with Crippen LogP contribution in [0.15, 0.2) is 0 Å². The smallest absolute Gasteiger partial charge is 0.153 e. The predicted octanol–water partition coefficient (Wildman–Crippen LogP) is 2.78. The van der Waals surface area contributed by atoms with E-state index in [1.54, 1.807) is 0 Å². The van der Waals surface area contributed by atoms with E-state index in [1.807, 2.05) is 6.92 Å². The summed E-state index contributed by atoms with van der Waals surface area (Å²) < 4.78 is 23.3. The van der Waals surface area contributed by atoms with Crippen LogP contribution in [0.3, 0.4) is 0 Å². The topological polar surface area (TPSA) is 34.1 Å². The Bertz CT molecular complexity index is 256. The highest BCUT2D eigenvalue weighted by atomic mass is 32.2. The first-order chi connectivity index (χ1) is 6.56. The van der Waals surface area contributed by atoms with Gasteiger partial charge in [-0.3, -0.25) is 0 Å². The van der Waals surface area contributed by atoms with Gasteiger partial charge in [-0.1, -0.05) is 39.5 Å². The maximum absolute atomic E-state index is 11.6. The van der Waals surface area contributed by atoms with Crippen LogP contribution in [0.1, 0.15) is 52.4 Å². The zero-order chi connectivity index (χ0) is 10.6. The van der Waals surface area contributed by atoms with Gasteiger partial charge in [0.15, 0.2) is 9.84 Å². The Morgan fingerprint density at radius 2 is 1.93 bits per heavy atom. The molecule has 0 spiro atoms. The summed E-state index contributed by atoms with van der Waals surface area (Å²) in [6, 6.07) is 0. The standard InChI is InChI=1S/C11H22O2S/c1-3-4-5-6-7-11-8-10(2)9-14(11,12)13/h10-11H,3-9H2,1-2H3. The third-order valence-electron chi connectivity index (χ3n) is 3.07. The monoisotopic (exact) mass is 218 g/mol. The SMILES string of the molecule is CCCCCCC1CC(C)CS1(=O)=O. The molecule has 0 aromatic carbocycles. The molecule has 1 aliphatic heterocycles. The lowest BCUT2D eigenvalue weighted by Crippen LogP contribution is -2.15. The fraction of sp³-hybridized carbons (Fsp3) is 1.00. The molecule has 0 N–H and O–H groups in total. The molecule has 14 heavy (non-hydrogen) atoms. The summed E-state index contributed by atoms with van der Waals surface area (Å²) in [5.74, 6) is 0.807. The van der Waals surface area contributed by atoms with Crippen LogP contribution in [0.25, 0.3) is 0 Å². The van der Waals surface area contributed by atoms with Gasteiger partial charge in [-0.2, -0.15) is 0 Å². The predicted molar refractivity (Wildman–Crippen MR) is 60.1 cm³/mol. The van der Waals surface area contributed by atoms with E-state index >= 15 is 0 Å². The molecule has 1 fully saturated rings. The summed E-state index contributed by atoms with van der Waals surface area (Å²) in [5, 5.41) is -0.0191. The van der Waals surface area contributed by atoms with Gasteiger partial charge in [0.25, 0.3) is 0 Å². The Kier molecular flexibility index (Phi) is 4.42. The van der Waals surface area contributed by atoms with E-state index in [4.69, 9.17) is 0 Å². The van der Waals surface area contributed by atoms with Crippen molar-refractivity contribution >= 4 is 9.84 Å². The minimum Gasteiger partial charge on any atom is -0.229 e. The molecular formula is C11H22O2S. The number of rotatable bonds is 5. The average Bonchev–Trinajstić information content (AvgIpc) is 2.33. The lowest BCUT2D eigenvalue weighted by Gasteiger charge is -2.08. The highest BCUT2D eigenvalue weighted by Crippen LogP contribution is 2.29. The fourth-order valence-electron chi connectivity index (χ4n) is 2.29. The highest BCUT2D eigenvalue weighted by Gasteiger charge is 2.35. The summed E-state index contributed by atoms with van der Waals surface area (Å²) in [7, 11) is -2.72. The third kappa shape index (κ3) is 3.26. The highest BCUT2D eigenvalue weighted by molar-refractivity contribution is 7.92. The Morgan fingerprint density at radius 3 is 2.43 bits per heavy atom. The van der Waals surface area contributed by atoms with Gasteiger partial charge in [0.2, 0.25) is 0 Å². The first-order valence-electron chi connectivity index (χ1n) is 5.78. The average molecular weight is 218 g/mol. The Balaban J connectivity index is 2.31. The van der Waals surface area contributed by atoms with Gasteiger partial charge in [-0.05, 0) is 18.8 Å². The second kappa shape index (κ2) is 5.15. The van der Waals surface area contributed by atoms with Crippen LogP contribution in [-0.4, -0.2) is 19.4 Å². The van der Waals surface area contributed by atoms with E-state index in [2.05, 4.69) is 6.92 Å². The van der Waals surface area contributed by atoms with E-state index in [0.29, 0.717) is 11.7 Å². The Labute approximate surface area is 88.0 Å². The lowest BCUT2D eigenvalue weighted by molar-refractivity contribution is 0.542. The summed E-state index contributed by atoms with van der Waals surface area (Å²) in [6.07, 6.45) is 6.53. The Hall–Kier alpha value is -0.0500. The van der Waals surface area contributed by atoms with Crippen LogP contribution in [0, 0.1) is 5.92 Å². The van der Waals surface area contributed by atoms with Crippen molar-refractivity contribution in [3.63, 3.8) is 0 Å². The lowest BCUT2D eigenvalue weighted by atomic mass is 10.0. The summed E-state index contributed by atoms with van der Waals surface area (Å²) in [5.41, 5.74) is 0. The number of hydrogen-bond donors (Lipinski definition) is 0. The van der Waals surface area contributed by atoms with Gasteiger partial charge >= 0.3 is 0 Å². The Morgan fingerprint density at radius 1 is 1.21 bits per heavy atom. The molecular weight excluding hydrogens is 196 g/mol. The molecule has 0 radical (unpaired) electrons. The number of hydrogen-bond acceptors (Lipinski definition) is 2. The molecule has 1 saturated heterocycles. The van der Waals surface area contributed by atoms with Crippen LogP contribution >= 0.6 is 0 Å². The van der Waals surface area contributed by atoms with E-state index < -0.39 is 9.84 Å². The van der Waals surface area contributed by atoms with Gasteiger partial charge in [0.05, 0.1) is 11.0 Å². The fourth-order valence-corrected chi connectivity index (χ4v) is 4.64. The molecule has 3 heteroatoms. The van der Waals surface area contributed by atoms with Gasteiger partial charge in [-0.25, -0.2) is 8.42 Å². The van der Waals surface area contributed by atoms with Crippen LogP contribution in [0.2, 0.25) is 0 Å². The van der Waals surface area contributed by atoms with E-state index in [9.17, 15) is 8.42 Å². The van der Waals surface area contributed by atoms with Crippen molar-refractivity contribution in [2.24, 2.45) is 5.92 Å². The van der Waals surface area contributed by atoms with Crippen molar-refractivity contribution < 1.29 is 8.42 Å².